The molecule has 170 valence electrons. The van der Waals surface area contributed by atoms with Gasteiger partial charge in [0.25, 0.3) is 0 Å². The molecule has 0 aliphatic heterocycles. The molecule has 0 aliphatic carbocycles. The molecule has 0 aliphatic rings. The first-order valence-electron chi connectivity index (χ1n) is 11.2. The van der Waals surface area contributed by atoms with Gasteiger partial charge in [0.05, 0.1) is 26.4 Å². The van der Waals surface area contributed by atoms with Crippen LogP contribution in [0.4, 0.5) is 0 Å². The second-order valence-electron chi connectivity index (χ2n) is 7.87. The third-order valence-corrected chi connectivity index (χ3v) is 5.84. The minimum Gasteiger partial charge on any atom is -0.497 e. The Morgan fingerprint density at radius 1 is 0.968 bits per heavy atom. The van der Waals surface area contributed by atoms with Crippen molar-refractivity contribution in [2.75, 3.05) is 14.2 Å². The second kappa shape index (κ2) is 13.1. The van der Waals surface area contributed by atoms with Gasteiger partial charge in [-0.15, -0.1) is 0 Å². The van der Waals surface area contributed by atoms with Gasteiger partial charge >= 0.3 is 5.97 Å². The number of hydrogen-bond acceptors (Lipinski definition) is 5. The quantitative estimate of drug-likeness (QED) is 0.329. The number of methoxy groups -OCH3 is 2. The van der Waals surface area contributed by atoms with E-state index in [1.165, 1.54) is 7.11 Å². The van der Waals surface area contributed by atoms with Crippen molar-refractivity contribution in [3.05, 3.63) is 65.7 Å². The molecule has 2 rings (SSSR count). The lowest BCUT2D eigenvalue weighted by molar-refractivity contribution is -0.162. The van der Waals surface area contributed by atoms with E-state index in [0.29, 0.717) is 13.2 Å². The largest absolute Gasteiger partial charge is 0.497 e. The third-order valence-electron chi connectivity index (χ3n) is 5.84. The number of nitrogens with one attached hydrogen (secondary N) is 1. The van der Waals surface area contributed by atoms with E-state index in [1.54, 1.807) is 7.11 Å². The summed E-state index contributed by atoms with van der Waals surface area (Å²) in [6.45, 7) is 5.28. The van der Waals surface area contributed by atoms with E-state index in [0.717, 1.165) is 49.0 Å². The summed E-state index contributed by atoms with van der Waals surface area (Å²) in [4.78, 5) is 12.9. The van der Waals surface area contributed by atoms with Crippen LogP contribution in [0.2, 0.25) is 0 Å². The SMILES string of the molecule is CCCCC[C@](CC)(NCc1ccc(OC)cc1)[C@H](OCc1ccccc1)C(=O)OC. The highest BCUT2D eigenvalue weighted by Crippen LogP contribution is 2.28. The minimum atomic E-state index is -0.696. The van der Waals surface area contributed by atoms with Crippen molar-refractivity contribution >= 4 is 5.97 Å². The van der Waals surface area contributed by atoms with E-state index >= 15 is 0 Å². The zero-order valence-electron chi connectivity index (χ0n) is 19.4. The lowest BCUT2D eigenvalue weighted by Crippen LogP contribution is -2.58. The molecule has 0 aromatic heterocycles. The molecule has 0 bridgehead atoms. The number of unbranched alkanes of at least 4 members (excludes halogenated alkanes) is 2. The normalized spacial score (nSPS) is 13.9. The van der Waals surface area contributed by atoms with Crippen molar-refractivity contribution in [1.82, 2.24) is 5.32 Å². The van der Waals surface area contributed by atoms with Crippen molar-refractivity contribution in [3.8, 4) is 5.75 Å². The Hall–Kier alpha value is -2.37. The zero-order valence-corrected chi connectivity index (χ0v) is 19.4. The van der Waals surface area contributed by atoms with Gasteiger partial charge in [-0.25, -0.2) is 4.79 Å². The van der Waals surface area contributed by atoms with Gasteiger partial charge in [-0.3, -0.25) is 0 Å². The molecule has 2 aromatic rings. The summed E-state index contributed by atoms with van der Waals surface area (Å²) in [6.07, 6.45) is 4.13. The van der Waals surface area contributed by atoms with Crippen LogP contribution in [0.5, 0.6) is 5.75 Å². The lowest BCUT2D eigenvalue weighted by atomic mass is 9.83. The predicted molar refractivity (Wildman–Crippen MR) is 124 cm³/mol. The number of carbonyl (C=O) groups excluding carboxylic acids is 1. The first kappa shape index (κ1) is 24.9. The summed E-state index contributed by atoms with van der Waals surface area (Å²) in [5.74, 6) is 0.489. The molecular weight excluding hydrogens is 390 g/mol. The monoisotopic (exact) mass is 427 g/mol. The summed E-state index contributed by atoms with van der Waals surface area (Å²) >= 11 is 0. The molecule has 0 radical (unpaired) electrons. The Labute approximate surface area is 187 Å². The highest BCUT2D eigenvalue weighted by atomic mass is 16.6. The van der Waals surface area contributed by atoms with Crippen LogP contribution in [0.15, 0.2) is 54.6 Å². The molecule has 5 nitrogen and oxygen atoms in total. The zero-order chi connectivity index (χ0) is 22.5. The molecule has 0 spiro atoms. The van der Waals surface area contributed by atoms with Crippen LogP contribution >= 0.6 is 0 Å². The predicted octanol–water partition coefficient (Wildman–Crippen LogP) is 5.27. The van der Waals surface area contributed by atoms with Gasteiger partial charge in [0.15, 0.2) is 6.10 Å². The van der Waals surface area contributed by atoms with Crippen LogP contribution in [0.1, 0.15) is 57.1 Å². The molecular formula is C26H37NO4. The van der Waals surface area contributed by atoms with Gasteiger partial charge in [0.2, 0.25) is 0 Å². The van der Waals surface area contributed by atoms with Crippen molar-refractivity contribution in [3.63, 3.8) is 0 Å². The summed E-state index contributed by atoms with van der Waals surface area (Å²) in [5, 5.41) is 3.68. The smallest absolute Gasteiger partial charge is 0.336 e. The maximum atomic E-state index is 12.9. The highest BCUT2D eigenvalue weighted by Gasteiger charge is 2.42. The van der Waals surface area contributed by atoms with Gasteiger partial charge in [-0.05, 0) is 36.1 Å². The van der Waals surface area contributed by atoms with Crippen molar-refractivity contribution < 1.29 is 19.0 Å². The first-order chi connectivity index (χ1) is 15.1. The lowest BCUT2D eigenvalue weighted by Gasteiger charge is -2.40. The van der Waals surface area contributed by atoms with E-state index in [-0.39, 0.29) is 5.97 Å². The van der Waals surface area contributed by atoms with Crippen LogP contribution in [0.3, 0.4) is 0 Å². The summed E-state index contributed by atoms with van der Waals surface area (Å²) in [6, 6.07) is 17.9. The standard InChI is InChI=1S/C26H37NO4/c1-5-7-11-18-26(6-2,27-19-21-14-16-23(29-3)17-15-21)24(25(28)30-4)31-20-22-12-9-8-10-13-22/h8-10,12-17,24,27H,5-7,11,18-20H2,1-4H3/t24-,26+/m1/s1. The fraction of sp³-hybridized carbons (Fsp3) is 0.500. The van der Waals surface area contributed by atoms with Gasteiger partial charge < -0.3 is 19.5 Å². The van der Waals surface area contributed by atoms with E-state index in [9.17, 15) is 4.79 Å². The molecule has 0 unspecified atom stereocenters. The molecule has 2 aromatic carbocycles. The Kier molecular flexibility index (Phi) is 10.5. The maximum absolute atomic E-state index is 12.9. The molecule has 31 heavy (non-hydrogen) atoms. The fourth-order valence-corrected chi connectivity index (χ4v) is 3.83. The fourth-order valence-electron chi connectivity index (χ4n) is 3.83. The number of esters is 1. The number of carbonyl (C=O) groups is 1. The minimum absolute atomic E-state index is 0.337. The van der Waals surface area contributed by atoms with E-state index < -0.39 is 11.6 Å². The summed E-state index contributed by atoms with van der Waals surface area (Å²) in [7, 11) is 3.09. The Morgan fingerprint density at radius 2 is 1.68 bits per heavy atom. The van der Waals surface area contributed by atoms with Crippen LogP contribution < -0.4 is 10.1 Å². The molecule has 0 amide bonds. The summed E-state index contributed by atoms with van der Waals surface area (Å²) < 4.78 is 16.7. The topological polar surface area (TPSA) is 56.8 Å². The van der Waals surface area contributed by atoms with Crippen LogP contribution in [0, 0.1) is 0 Å². The molecule has 1 N–H and O–H groups in total. The Bertz CT molecular complexity index is 763. The van der Waals surface area contributed by atoms with E-state index in [1.807, 2.05) is 54.6 Å². The molecule has 0 saturated carbocycles. The number of hydrogen-bond donors (Lipinski definition) is 1. The number of ether oxygens (including phenoxy) is 3. The molecule has 2 atom stereocenters. The van der Waals surface area contributed by atoms with Crippen LogP contribution in [-0.4, -0.2) is 31.8 Å². The number of benzene rings is 2. The average molecular weight is 428 g/mol. The van der Waals surface area contributed by atoms with Crippen LogP contribution in [0.25, 0.3) is 0 Å². The molecule has 0 heterocycles. The van der Waals surface area contributed by atoms with Crippen molar-refractivity contribution in [2.45, 2.75) is 70.7 Å². The van der Waals surface area contributed by atoms with Gasteiger partial charge in [-0.2, -0.15) is 0 Å². The van der Waals surface area contributed by atoms with E-state index in [2.05, 4.69) is 19.2 Å². The van der Waals surface area contributed by atoms with Crippen LogP contribution in [-0.2, 0) is 27.4 Å². The molecule has 5 heteroatoms. The highest BCUT2D eigenvalue weighted by molar-refractivity contribution is 5.76. The van der Waals surface area contributed by atoms with Crippen molar-refractivity contribution in [1.29, 1.82) is 0 Å². The maximum Gasteiger partial charge on any atom is 0.336 e. The Morgan fingerprint density at radius 3 is 2.26 bits per heavy atom. The van der Waals surface area contributed by atoms with Gasteiger partial charge in [0.1, 0.15) is 5.75 Å². The first-order valence-corrected chi connectivity index (χ1v) is 11.2. The van der Waals surface area contributed by atoms with Gasteiger partial charge in [0, 0.05) is 6.54 Å². The molecule has 0 saturated heterocycles. The van der Waals surface area contributed by atoms with Gasteiger partial charge in [-0.1, -0.05) is 75.6 Å². The van der Waals surface area contributed by atoms with Crippen molar-refractivity contribution in [2.24, 2.45) is 0 Å². The summed E-state index contributed by atoms with van der Waals surface area (Å²) in [5.41, 5.74) is 1.64. The Balaban J connectivity index is 2.24. The molecule has 0 fully saturated rings. The second-order valence-corrected chi connectivity index (χ2v) is 7.87. The number of rotatable bonds is 14. The third kappa shape index (κ3) is 7.37. The average Bonchev–Trinajstić information content (AvgIpc) is 2.83. The van der Waals surface area contributed by atoms with E-state index in [4.69, 9.17) is 14.2 Å².